The van der Waals surface area contributed by atoms with E-state index in [9.17, 15) is 0 Å². The van der Waals surface area contributed by atoms with Crippen molar-refractivity contribution in [2.45, 2.75) is 19.9 Å². The molecule has 2 rings (SSSR count). The third-order valence-electron chi connectivity index (χ3n) is 2.74. The summed E-state index contributed by atoms with van der Waals surface area (Å²) >= 11 is 3.62. The summed E-state index contributed by atoms with van der Waals surface area (Å²) in [7, 11) is 0. The number of hydrogen-bond donors (Lipinski definition) is 1. The molecule has 0 spiro atoms. The van der Waals surface area contributed by atoms with Gasteiger partial charge < -0.3 is 10.1 Å². The Bertz CT molecular complexity index is 525. The van der Waals surface area contributed by atoms with Crippen molar-refractivity contribution < 1.29 is 4.74 Å². The first-order chi connectivity index (χ1) is 8.68. The topological polar surface area (TPSA) is 21.3 Å². The summed E-state index contributed by atoms with van der Waals surface area (Å²) in [4.78, 5) is 0. The SMILES string of the molecule is CC(C)NCCOc1ccc2ccccc2c1Br. The van der Waals surface area contributed by atoms with Crippen LogP contribution in [0.4, 0.5) is 0 Å². The van der Waals surface area contributed by atoms with E-state index in [0.717, 1.165) is 16.8 Å². The van der Waals surface area contributed by atoms with Crippen LogP contribution in [0.1, 0.15) is 13.8 Å². The maximum absolute atomic E-state index is 5.79. The summed E-state index contributed by atoms with van der Waals surface area (Å²) in [5.41, 5.74) is 0. The van der Waals surface area contributed by atoms with E-state index in [4.69, 9.17) is 4.74 Å². The summed E-state index contributed by atoms with van der Waals surface area (Å²) in [6.45, 7) is 5.80. The lowest BCUT2D eigenvalue weighted by atomic mass is 10.1. The molecule has 1 N–H and O–H groups in total. The van der Waals surface area contributed by atoms with E-state index < -0.39 is 0 Å². The van der Waals surface area contributed by atoms with Gasteiger partial charge in [-0.3, -0.25) is 0 Å². The van der Waals surface area contributed by atoms with Crippen molar-refractivity contribution in [1.29, 1.82) is 0 Å². The van der Waals surface area contributed by atoms with E-state index in [1.54, 1.807) is 0 Å². The molecule has 18 heavy (non-hydrogen) atoms. The molecule has 0 bridgehead atoms. The number of benzene rings is 2. The largest absolute Gasteiger partial charge is 0.491 e. The van der Waals surface area contributed by atoms with Gasteiger partial charge in [-0.25, -0.2) is 0 Å². The quantitative estimate of drug-likeness (QED) is 0.844. The van der Waals surface area contributed by atoms with Crippen molar-refractivity contribution in [2.24, 2.45) is 0 Å². The van der Waals surface area contributed by atoms with Gasteiger partial charge in [0.2, 0.25) is 0 Å². The van der Waals surface area contributed by atoms with Gasteiger partial charge in [0.25, 0.3) is 0 Å². The summed E-state index contributed by atoms with van der Waals surface area (Å²) in [6, 6.07) is 12.9. The number of fused-ring (bicyclic) bond motifs is 1. The Morgan fingerprint density at radius 3 is 2.72 bits per heavy atom. The average Bonchev–Trinajstić information content (AvgIpc) is 2.37. The Morgan fingerprint density at radius 1 is 1.17 bits per heavy atom. The number of rotatable bonds is 5. The molecule has 0 atom stereocenters. The van der Waals surface area contributed by atoms with Crippen molar-refractivity contribution in [2.75, 3.05) is 13.2 Å². The van der Waals surface area contributed by atoms with E-state index >= 15 is 0 Å². The monoisotopic (exact) mass is 307 g/mol. The van der Waals surface area contributed by atoms with Crippen LogP contribution in [0.25, 0.3) is 10.8 Å². The number of halogens is 1. The Balaban J connectivity index is 2.07. The predicted octanol–water partition coefficient (Wildman–Crippen LogP) is 3.98. The first-order valence-electron chi connectivity index (χ1n) is 6.22. The van der Waals surface area contributed by atoms with E-state index in [1.165, 1.54) is 10.8 Å². The summed E-state index contributed by atoms with van der Waals surface area (Å²) < 4.78 is 6.82. The number of ether oxygens (including phenoxy) is 1. The van der Waals surface area contributed by atoms with Crippen molar-refractivity contribution in [3.05, 3.63) is 40.9 Å². The van der Waals surface area contributed by atoms with E-state index in [-0.39, 0.29) is 0 Å². The molecule has 0 aliphatic rings. The van der Waals surface area contributed by atoms with Crippen LogP contribution in [0, 0.1) is 0 Å². The lowest BCUT2D eigenvalue weighted by molar-refractivity contribution is 0.307. The molecule has 2 aromatic carbocycles. The zero-order valence-corrected chi connectivity index (χ0v) is 12.3. The molecular formula is C15H18BrNO. The summed E-state index contributed by atoms with van der Waals surface area (Å²) in [6.07, 6.45) is 0. The first kappa shape index (κ1) is 13.4. The fourth-order valence-electron chi connectivity index (χ4n) is 1.83. The molecule has 0 heterocycles. The first-order valence-corrected chi connectivity index (χ1v) is 7.01. The van der Waals surface area contributed by atoms with Crippen LogP contribution in [-0.2, 0) is 0 Å². The van der Waals surface area contributed by atoms with Gasteiger partial charge in [0.05, 0.1) is 4.47 Å². The van der Waals surface area contributed by atoms with Crippen LogP contribution in [-0.4, -0.2) is 19.2 Å². The van der Waals surface area contributed by atoms with Gasteiger partial charge in [-0.15, -0.1) is 0 Å². The van der Waals surface area contributed by atoms with E-state index in [2.05, 4.69) is 53.3 Å². The molecule has 0 fully saturated rings. The maximum atomic E-state index is 5.79. The second-order valence-electron chi connectivity index (χ2n) is 4.56. The molecule has 0 saturated heterocycles. The molecular weight excluding hydrogens is 290 g/mol. The molecule has 0 unspecified atom stereocenters. The maximum Gasteiger partial charge on any atom is 0.134 e. The summed E-state index contributed by atoms with van der Waals surface area (Å²) in [5, 5.41) is 5.74. The molecule has 0 aliphatic heterocycles. The predicted molar refractivity (Wildman–Crippen MR) is 80.3 cm³/mol. The summed E-state index contributed by atoms with van der Waals surface area (Å²) in [5.74, 6) is 0.902. The van der Waals surface area contributed by atoms with Crippen molar-refractivity contribution >= 4 is 26.7 Å². The van der Waals surface area contributed by atoms with Gasteiger partial charge in [0.15, 0.2) is 0 Å². The van der Waals surface area contributed by atoms with Gasteiger partial charge in [0, 0.05) is 12.6 Å². The van der Waals surface area contributed by atoms with Crippen LogP contribution in [0.2, 0.25) is 0 Å². The van der Waals surface area contributed by atoms with E-state index in [0.29, 0.717) is 12.6 Å². The third kappa shape index (κ3) is 3.24. The number of hydrogen-bond acceptors (Lipinski definition) is 2. The highest BCUT2D eigenvalue weighted by Crippen LogP contribution is 2.32. The second-order valence-corrected chi connectivity index (χ2v) is 5.35. The molecule has 0 amide bonds. The minimum atomic E-state index is 0.494. The number of nitrogens with one attached hydrogen (secondary N) is 1. The minimum Gasteiger partial charge on any atom is -0.491 e. The van der Waals surface area contributed by atoms with Gasteiger partial charge in [-0.05, 0) is 32.8 Å². The zero-order chi connectivity index (χ0) is 13.0. The second kappa shape index (κ2) is 6.21. The molecule has 0 aromatic heterocycles. The van der Waals surface area contributed by atoms with E-state index in [1.807, 2.05) is 18.2 Å². The van der Waals surface area contributed by atoms with Crippen molar-refractivity contribution in [1.82, 2.24) is 5.32 Å². The van der Waals surface area contributed by atoms with Crippen LogP contribution in [0.15, 0.2) is 40.9 Å². The van der Waals surface area contributed by atoms with Gasteiger partial charge >= 0.3 is 0 Å². The Hall–Kier alpha value is -1.06. The Morgan fingerprint density at radius 2 is 1.94 bits per heavy atom. The molecule has 0 radical (unpaired) electrons. The molecule has 2 nitrogen and oxygen atoms in total. The molecule has 0 aliphatic carbocycles. The van der Waals surface area contributed by atoms with Crippen molar-refractivity contribution in [3.63, 3.8) is 0 Å². The van der Waals surface area contributed by atoms with Crippen LogP contribution in [0.5, 0.6) is 5.75 Å². The van der Waals surface area contributed by atoms with Crippen LogP contribution in [0.3, 0.4) is 0 Å². The standard InChI is InChI=1S/C15H18BrNO/c1-11(2)17-9-10-18-14-8-7-12-5-3-4-6-13(12)15(14)16/h3-8,11,17H,9-10H2,1-2H3. The Labute approximate surface area is 116 Å². The van der Waals surface area contributed by atoms with Crippen molar-refractivity contribution in [3.8, 4) is 5.75 Å². The smallest absolute Gasteiger partial charge is 0.134 e. The molecule has 3 heteroatoms. The normalized spacial score (nSPS) is 11.1. The minimum absolute atomic E-state index is 0.494. The molecule has 2 aromatic rings. The van der Waals surface area contributed by atoms with Crippen LogP contribution < -0.4 is 10.1 Å². The highest BCUT2D eigenvalue weighted by molar-refractivity contribution is 9.10. The molecule has 96 valence electrons. The van der Waals surface area contributed by atoms with Crippen LogP contribution >= 0.6 is 15.9 Å². The zero-order valence-electron chi connectivity index (χ0n) is 10.7. The van der Waals surface area contributed by atoms with Gasteiger partial charge in [0.1, 0.15) is 12.4 Å². The highest BCUT2D eigenvalue weighted by Gasteiger charge is 2.05. The molecule has 0 saturated carbocycles. The lowest BCUT2D eigenvalue weighted by Gasteiger charge is -2.12. The average molecular weight is 308 g/mol. The van der Waals surface area contributed by atoms with Gasteiger partial charge in [-0.1, -0.05) is 44.2 Å². The third-order valence-corrected chi connectivity index (χ3v) is 3.56. The lowest BCUT2D eigenvalue weighted by Crippen LogP contribution is -2.27. The fraction of sp³-hybridized carbons (Fsp3) is 0.333. The Kier molecular flexibility index (Phi) is 4.61. The van der Waals surface area contributed by atoms with Gasteiger partial charge in [-0.2, -0.15) is 0 Å². The highest BCUT2D eigenvalue weighted by atomic mass is 79.9. The fourth-order valence-corrected chi connectivity index (χ4v) is 2.44.